The number of H-pyrrole nitrogens is 1. The van der Waals surface area contributed by atoms with Gasteiger partial charge in [-0.2, -0.15) is 0 Å². The van der Waals surface area contributed by atoms with Gasteiger partial charge in [0.25, 0.3) is 0 Å². The minimum atomic E-state index is -1.18. The highest BCUT2D eigenvalue weighted by molar-refractivity contribution is 6.23. The largest absolute Gasteiger partial charge is 0.477 e. The number of nitrogens with one attached hydrogen (secondary N) is 1. The molecule has 2 aliphatic rings. The van der Waals surface area contributed by atoms with Crippen molar-refractivity contribution in [2.45, 2.75) is 19.8 Å². The molecule has 0 spiro atoms. The summed E-state index contributed by atoms with van der Waals surface area (Å²) in [5, 5.41) is 9.18. The van der Waals surface area contributed by atoms with Crippen molar-refractivity contribution >= 4 is 23.5 Å². The first kappa shape index (κ1) is 12.7. The van der Waals surface area contributed by atoms with Crippen LogP contribution in [-0.2, 0) is 9.59 Å². The van der Waals surface area contributed by atoms with Crippen LogP contribution in [0.5, 0.6) is 0 Å². The van der Waals surface area contributed by atoms with Crippen LogP contribution in [0.25, 0.3) is 0 Å². The Kier molecular flexibility index (Phi) is 2.74. The maximum Gasteiger partial charge on any atom is 0.354 e. The number of nitrogens with zero attached hydrogens (tertiary/aromatic N) is 1. The van der Waals surface area contributed by atoms with E-state index in [4.69, 9.17) is 0 Å². The number of hydrogen-bond donors (Lipinski definition) is 2. The van der Waals surface area contributed by atoms with E-state index in [0.717, 1.165) is 4.90 Å². The molecule has 3 rings (SSSR count). The second-order valence-corrected chi connectivity index (χ2v) is 5.19. The zero-order valence-corrected chi connectivity index (χ0v) is 10.9. The van der Waals surface area contributed by atoms with Gasteiger partial charge in [-0.05, 0) is 25.8 Å². The van der Waals surface area contributed by atoms with Gasteiger partial charge in [-0.3, -0.25) is 9.59 Å². The fraction of sp³-hybridized carbons (Fsp3) is 0.357. The molecular formula is C14H14N2O4. The lowest BCUT2D eigenvalue weighted by Crippen LogP contribution is -2.31. The lowest BCUT2D eigenvalue weighted by atomic mass is 9.85. The van der Waals surface area contributed by atoms with Crippen LogP contribution in [0.2, 0.25) is 0 Å². The SMILES string of the molecule is Cc1cc(N2C(=O)[C@H]3CC=CC[C@H]3C2=O)c(C(=O)O)[nH]1. The van der Waals surface area contributed by atoms with Crippen LogP contribution in [0.1, 0.15) is 29.0 Å². The van der Waals surface area contributed by atoms with Crippen LogP contribution in [-0.4, -0.2) is 27.9 Å². The first-order valence-corrected chi connectivity index (χ1v) is 6.46. The smallest absolute Gasteiger partial charge is 0.354 e. The highest BCUT2D eigenvalue weighted by Gasteiger charge is 2.49. The molecular weight excluding hydrogens is 260 g/mol. The Morgan fingerprint density at radius 2 is 1.80 bits per heavy atom. The molecule has 2 atom stereocenters. The summed E-state index contributed by atoms with van der Waals surface area (Å²) >= 11 is 0. The van der Waals surface area contributed by atoms with Gasteiger partial charge in [0.05, 0.1) is 17.5 Å². The molecule has 0 bridgehead atoms. The van der Waals surface area contributed by atoms with Crippen LogP contribution < -0.4 is 4.90 Å². The Bertz CT molecular complexity index is 618. The summed E-state index contributed by atoms with van der Waals surface area (Å²) in [5.74, 6) is -2.49. The highest BCUT2D eigenvalue weighted by Crippen LogP contribution is 2.38. The van der Waals surface area contributed by atoms with Crippen LogP contribution >= 0.6 is 0 Å². The normalized spacial score (nSPS) is 25.1. The second kappa shape index (κ2) is 4.33. The van der Waals surface area contributed by atoms with Crippen LogP contribution in [0.4, 0.5) is 5.69 Å². The van der Waals surface area contributed by atoms with E-state index in [2.05, 4.69) is 4.98 Å². The molecule has 1 aliphatic carbocycles. The molecule has 6 heteroatoms. The van der Waals surface area contributed by atoms with Crippen molar-refractivity contribution in [3.63, 3.8) is 0 Å². The fourth-order valence-electron chi connectivity index (χ4n) is 2.95. The number of aromatic nitrogens is 1. The van der Waals surface area contributed by atoms with Gasteiger partial charge in [0, 0.05) is 5.69 Å². The van der Waals surface area contributed by atoms with Gasteiger partial charge in [0.1, 0.15) is 5.69 Å². The van der Waals surface area contributed by atoms with Crippen LogP contribution in [0.3, 0.4) is 0 Å². The van der Waals surface area contributed by atoms with Crippen molar-refractivity contribution in [2.24, 2.45) is 11.8 Å². The van der Waals surface area contributed by atoms with E-state index in [9.17, 15) is 19.5 Å². The lowest BCUT2D eigenvalue weighted by Gasteiger charge is -2.14. The predicted octanol–water partition coefficient (Wildman–Crippen LogP) is 1.48. The molecule has 2 heterocycles. The number of rotatable bonds is 2. The monoisotopic (exact) mass is 274 g/mol. The molecule has 1 aromatic rings. The standard InChI is InChI=1S/C14H14N2O4/c1-7-6-10(11(15-7)14(19)20)16-12(17)8-4-2-3-5-9(8)13(16)18/h2-3,6,8-9,15H,4-5H2,1H3,(H,19,20)/t8-,9+. The number of amides is 2. The molecule has 0 saturated carbocycles. The van der Waals surface area contributed by atoms with Crippen molar-refractivity contribution in [1.82, 2.24) is 4.98 Å². The number of aromatic carboxylic acids is 1. The van der Waals surface area contributed by atoms with E-state index in [0.29, 0.717) is 18.5 Å². The summed E-state index contributed by atoms with van der Waals surface area (Å²) in [6, 6.07) is 1.53. The molecule has 2 N–H and O–H groups in total. The maximum absolute atomic E-state index is 12.4. The number of imide groups is 1. The molecule has 2 amide bonds. The fourth-order valence-corrected chi connectivity index (χ4v) is 2.95. The van der Waals surface area contributed by atoms with E-state index in [1.165, 1.54) is 6.07 Å². The third-order valence-electron chi connectivity index (χ3n) is 3.89. The average molecular weight is 274 g/mol. The zero-order valence-electron chi connectivity index (χ0n) is 10.9. The van der Waals surface area contributed by atoms with Gasteiger partial charge >= 0.3 is 5.97 Å². The third kappa shape index (κ3) is 1.68. The van der Waals surface area contributed by atoms with Crippen molar-refractivity contribution in [3.05, 3.63) is 29.6 Å². The molecule has 104 valence electrons. The number of carboxylic acids is 1. The number of carbonyl (C=O) groups is 3. The molecule has 0 aromatic carbocycles. The topological polar surface area (TPSA) is 90.5 Å². The molecule has 0 radical (unpaired) electrons. The maximum atomic E-state index is 12.4. The molecule has 20 heavy (non-hydrogen) atoms. The first-order chi connectivity index (χ1) is 9.50. The molecule has 6 nitrogen and oxygen atoms in total. The number of fused-ring (bicyclic) bond motifs is 1. The lowest BCUT2D eigenvalue weighted by molar-refractivity contribution is -0.122. The third-order valence-corrected chi connectivity index (χ3v) is 3.89. The average Bonchev–Trinajstić information content (AvgIpc) is 2.90. The van der Waals surface area contributed by atoms with E-state index >= 15 is 0 Å². The Hall–Kier alpha value is -2.37. The van der Waals surface area contributed by atoms with Crippen molar-refractivity contribution in [3.8, 4) is 0 Å². The van der Waals surface area contributed by atoms with Gasteiger partial charge in [-0.15, -0.1) is 0 Å². The number of carbonyl (C=O) groups excluding carboxylic acids is 2. The van der Waals surface area contributed by atoms with Crippen LogP contribution in [0, 0.1) is 18.8 Å². The van der Waals surface area contributed by atoms with Gasteiger partial charge in [0.2, 0.25) is 11.8 Å². The molecule has 0 unspecified atom stereocenters. The Morgan fingerprint density at radius 3 is 2.30 bits per heavy atom. The summed E-state index contributed by atoms with van der Waals surface area (Å²) in [7, 11) is 0. The number of anilines is 1. The zero-order chi connectivity index (χ0) is 14.4. The summed E-state index contributed by atoms with van der Waals surface area (Å²) in [6.45, 7) is 1.69. The van der Waals surface area contributed by atoms with E-state index in [-0.39, 0.29) is 35.0 Å². The van der Waals surface area contributed by atoms with Crippen molar-refractivity contribution in [2.75, 3.05) is 4.90 Å². The number of aromatic amines is 1. The summed E-state index contributed by atoms with van der Waals surface area (Å²) in [4.78, 5) is 39.7. The predicted molar refractivity (Wildman–Crippen MR) is 70.3 cm³/mol. The summed E-state index contributed by atoms with van der Waals surface area (Å²) < 4.78 is 0. The second-order valence-electron chi connectivity index (χ2n) is 5.19. The number of allylic oxidation sites excluding steroid dienone is 2. The van der Waals surface area contributed by atoms with Gasteiger partial charge < -0.3 is 10.1 Å². The molecule has 1 fully saturated rings. The van der Waals surface area contributed by atoms with Crippen molar-refractivity contribution in [1.29, 1.82) is 0 Å². The molecule has 1 saturated heterocycles. The minimum absolute atomic E-state index is 0.115. The Balaban J connectivity index is 2.05. The van der Waals surface area contributed by atoms with Crippen LogP contribution in [0.15, 0.2) is 18.2 Å². The number of aryl methyl sites for hydroxylation is 1. The van der Waals surface area contributed by atoms with E-state index < -0.39 is 5.97 Å². The summed E-state index contributed by atoms with van der Waals surface area (Å²) in [6.07, 6.45) is 4.88. The van der Waals surface area contributed by atoms with Gasteiger partial charge in [-0.25, -0.2) is 9.69 Å². The minimum Gasteiger partial charge on any atom is -0.477 e. The van der Waals surface area contributed by atoms with E-state index in [1.807, 2.05) is 12.2 Å². The number of hydrogen-bond acceptors (Lipinski definition) is 3. The van der Waals surface area contributed by atoms with Gasteiger partial charge in [0.15, 0.2) is 0 Å². The Morgan fingerprint density at radius 1 is 1.25 bits per heavy atom. The summed E-state index contributed by atoms with van der Waals surface area (Å²) in [5.41, 5.74) is 0.640. The molecule has 1 aliphatic heterocycles. The van der Waals surface area contributed by atoms with E-state index in [1.54, 1.807) is 6.92 Å². The van der Waals surface area contributed by atoms with Gasteiger partial charge in [-0.1, -0.05) is 12.2 Å². The number of carboxylic acid groups (broad SMARTS) is 1. The highest BCUT2D eigenvalue weighted by atomic mass is 16.4. The molecule has 1 aromatic heterocycles. The quantitative estimate of drug-likeness (QED) is 0.631. The Labute approximate surface area is 115 Å². The van der Waals surface area contributed by atoms with Crippen molar-refractivity contribution < 1.29 is 19.5 Å². The first-order valence-electron chi connectivity index (χ1n) is 6.46.